The Morgan fingerprint density at radius 1 is 1.21 bits per heavy atom. The lowest BCUT2D eigenvalue weighted by Crippen LogP contribution is -2.12. The molecule has 0 unspecified atom stereocenters. The molecule has 0 bridgehead atoms. The molecule has 0 spiro atoms. The molecule has 4 nitrogen and oxygen atoms in total. The lowest BCUT2D eigenvalue weighted by molar-refractivity contribution is 0.299. The minimum absolute atomic E-state index is 0.0251. The van der Waals surface area contributed by atoms with Crippen LogP contribution >= 0.6 is 50.4 Å². The fourth-order valence-electron chi connectivity index (χ4n) is 1.34. The minimum atomic E-state index is 0.0251. The van der Waals surface area contributed by atoms with Crippen molar-refractivity contribution in [2.24, 2.45) is 0 Å². The normalized spacial score (nSPS) is 12.1. The molecule has 19 heavy (non-hydrogen) atoms. The number of thiazole rings is 1. The lowest BCUT2D eigenvalue weighted by atomic mass is 9.93. The molecule has 2 aromatic heterocycles. The van der Waals surface area contributed by atoms with Crippen molar-refractivity contribution in [3.05, 3.63) is 14.5 Å². The second-order valence-electron chi connectivity index (χ2n) is 4.89. The van der Waals surface area contributed by atoms with E-state index in [1.54, 1.807) is 11.3 Å². The average molecular weight is 380 g/mol. The van der Waals surface area contributed by atoms with Gasteiger partial charge in [0.1, 0.15) is 5.01 Å². The molecule has 2 aromatic rings. The van der Waals surface area contributed by atoms with Crippen LogP contribution in [0.4, 0.5) is 0 Å². The van der Waals surface area contributed by atoms with E-state index in [0.29, 0.717) is 6.42 Å². The van der Waals surface area contributed by atoms with Gasteiger partial charge < -0.3 is 5.11 Å². The molecule has 0 amide bonds. The van der Waals surface area contributed by atoms with Crippen LogP contribution in [0, 0.1) is 0 Å². The molecule has 0 aliphatic rings. The Morgan fingerprint density at radius 3 is 2.53 bits per heavy atom. The molecule has 104 valence electrons. The molecule has 0 aliphatic heterocycles. The third kappa shape index (κ3) is 3.98. The van der Waals surface area contributed by atoms with Crippen LogP contribution in [-0.4, -0.2) is 26.9 Å². The first-order valence-electron chi connectivity index (χ1n) is 5.68. The topological polar surface area (TPSA) is 58.9 Å². The summed E-state index contributed by atoms with van der Waals surface area (Å²) in [5.74, 6) is 0. The summed E-state index contributed by atoms with van der Waals surface area (Å²) < 4.78 is 2.90. The summed E-state index contributed by atoms with van der Waals surface area (Å²) >= 11 is 8.22. The van der Waals surface area contributed by atoms with Crippen LogP contribution in [0.25, 0.3) is 0 Å². The van der Waals surface area contributed by atoms with Gasteiger partial charge in [-0.05, 0) is 27.7 Å². The van der Waals surface area contributed by atoms with Gasteiger partial charge in [-0.25, -0.2) is 4.98 Å². The fraction of sp³-hybridized carbons (Fsp3) is 0.545. The summed E-state index contributed by atoms with van der Waals surface area (Å²) in [5, 5.41) is 17.9. The Bertz CT molecular complexity index is 562. The Labute approximate surface area is 132 Å². The maximum absolute atomic E-state index is 8.86. The van der Waals surface area contributed by atoms with Crippen molar-refractivity contribution in [3.8, 4) is 0 Å². The average Bonchev–Trinajstić information content (AvgIpc) is 2.86. The van der Waals surface area contributed by atoms with Gasteiger partial charge in [-0.2, -0.15) is 0 Å². The van der Waals surface area contributed by atoms with Gasteiger partial charge in [0, 0.05) is 18.4 Å². The number of aliphatic hydroxyl groups is 1. The van der Waals surface area contributed by atoms with Gasteiger partial charge in [0.05, 0.1) is 9.48 Å². The van der Waals surface area contributed by atoms with Crippen LogP contribution in [0.1, 0.15) is 31.5 Å². The largest absolute Gasteiger partial charge is 0.396 e. The van der Waals surface area contributed by atoms with Gasteiger partial charge in [-0.1, -0.05) is 43.4 Å². The number of rotatable bonds is 4. The monoisotopic (exact) mass is 379 g/mol. The summed E-state index contributed by atoms with van der Waals surface area (Å²) in [7, 11) is 0. The molecular formula is C11H14BrN3OS3. The highest BCUT2D eigenvalue weighted by Gasteiger charge is 2.22. The van der Waals surface area contributed by atoms with Gasteiger partial charge in [0.2, 0.25) is 0 Å². The van der Waals surface area contributed by atoms with Crippen molar-refractivity contribution in [1.29, 1.82) is 0 Å². The molecular weight excluding hydrogens is 366 g/mol. The smallest absolute Gasteiger partial charge is 0.181 e. The van der Waals surface area contributed by atoms with Gasteiger partial charge >= 0.3 is 0 Å². The highest BCUT2D eigenvalue weighted by molar-refractivity contribution is 9.11. The van der Waals surface area contributed by atoms with E-state index in [-0.39, 0.29) is 12.0 Å². The molecule has 0 aliphatic carbocycles. The van der Waals surface area contributed by atoms with Crippen molar-refractivity contribution in [2.45, 2.75) is 41.3 Å². The van der Waals surface area contributed by atoms with Gasteiger partial charge in [-0.15, -0.1) is 10.2 Å². The summed E-state index contributed by atoms with van der Waals surface area (Å²) in [6, 6.07) is 0. The van der Waals surface area contributed by atoms with Crippen LogP contribution in [0.3, 0.4) is 0 Å². The number of nitrogens with zero attached hydrogens (tertiary/aromatic N) is 3. The standard InChI is InChI=1S/C11H14BrN3OS3/c1-11(2,3)7-8(12)18-9(13-7)19-10-15-14-6(17-10)4-5-16/h16H,4-5H2,1-3H3. The van der Waals surface area contributed by atoms with Crippen molar-refractivity contribution in [1.82, 2.24) is 15.2 Å². The highest BCUT2D eigenvalue weighted by atomic mass is 79.9. The second-order valence-corrected chi connectivity index (χ2v) is 9.76. The van der Waals surface area contributed by atoms with Crippen molar-refractivity contribution < 1.29 is 5.11 Å². The Morgan fingerprint density at radius 2 is 1.95 bits per heavy atom. The predicted octanol–water partition coefficient (Wildman–Crippen LogP) is 3.74. The molecule has 0 atom stereocenters. The van der Waals surface area contributed by atoms with E-state index in [2.05, 4.69) is 51.9 Å². The van der Waals surface area contributed by atoms with Crippen molar-refractivity contribution in [2.75, 3.05) is 6.61 Å². The summed E-state index contributed by atoms with van der Waals surface area (Å²) in [4.78, 5) is 4.66. The molecule has 0 fully saturated rings. The Kier molecular flexibility index (Phi) is 4.99. The molecule has 1 N–H and O–H groups in total. The number of hydrogen-bond acceptors (Lipinski definition) is 7. The fourth-order valence-corrected chi connectivity index (χ4v) is 5.97. The first-order valence-corrected chi connectivity index (χ1v) is 8.92. The van der Waals surface area contributed by atoms with E-state index in [1.807, 2.05) is 0 Å². The predicted molar refractivity (Wildman–Crippen MR) is 83.3 cm³/mol. The number of halogens is 1. The van der Waals surface area contributed by atoms with Gasteiger partial charge in [0.25, 0.3) is 0 Å². The zero-order valence-corrected chi connectivity index (χ0v) is 14.8. The van der Waals surface area contributed by atoms with E-state index in [1.165, 1.54) is 23.1 Å². The summed E-state index contributed by atoms with van der Waals surface area (Å²) in [6.07, 6.45) is 0.563. The molecule has 0 radical (unpaired) electrons. The van der Waals surface area contributed by atoms with Crippen LogP contribution in [0.15, 0.2) is 12.5 Å². The minimum Gasteiger partial charge on any atom is -0.396 e. The molecule has 2 heterocycles. The zero-order chi connectivity index (χ0) is 14.0. The number of aliphatic hydroxyl groups excluding tert-OH is 1. The lowest BCUT2D eigenvalue weighted by Gasteiger charge is -2.15. The van der Waals surface area contributed by atoms with Crippen LogP contribution in [0.5, 0.6) is 0 Å². The van der Waals surface area contributed by atoms with Gasteiger partial charge in [0.15, 0.2) is 8.68 Å². The number of hydrogen-bond donors (Lipinski definition) is 1. The quantitative estimate of drug-likeness (QED) is 0.876. The van der Waals surface area contributed by atoms with Crippen LogP contribution in [0.2, 0.25) is 0 Å². The molecule has 0 saturated heterocycles. The van der Waals surface area contributed by atoms with E-state index >= 15 is 0 Å². The van der Waals surface area contributed by atoms with E-state index in [4.69, 9.17) is 5.11 Å². The number of aromatic nitrogens is 3. The third-order valence-electron chi connectivity index (χ3n) is 2.23. The van der Waals surface area contributed by atoms with Crippen LogP contribution in [-0.2, 0) is 11.8 Å². The molecule has 2 rings (SSSR count). The zero-order valence-electron chi connectivity index (χ0n) is 10.8. The maximum atomic E-state index is 8.86. The van der Waals surface area contributed by atoms with Crippen LogP contribution < -0.4 is 0 Å². The Balaban J connectivity index is 2.15. The second kappa shape index (κ2) is 6.17. The third-order valence-corrected chi connectivity index (χ3v) is 6.02. The highest BCUT2D eigenvalue weighted by Crippen LogP contribution is 2.40. The molecule has 0 aromatic carbocycles. The van der Waals surface area contributed by atoms with E-state index < -0.39 is 0 Å². The van der Waals surface area contributed by atoms with E-state index in [0.717, 1.165) is 23.2 Å². The maximum Gasteiger partial charge on any atom is 0.181 e. The van der Waals surface area contributed by atoms with E-state index in [9.17, 15) is 0 Å². The summed E-state index contributed by atoms with van der Waals surface area (Å²) in [6.45, 7) is 6.54. The van der Waals surface area contributed by atoms with Gasteiger partial charge in [-0.3, -0.25) is 0 Å². The Hall–Kier alpha value is -0.0200. The summed E-state index contributed by atoms with van der Waals surface area (Å²) in [5.41, 5.74) is 1.09. The molecule has 0 saturated carbocycles. The first kappa shape index (κ1) is 15.4. The first-order chi connectivity index (χ1) is 8.90. The van der Waals surface area contributed by atoms with Crippen molar-refractivity contribution >= 4 is 50.4 Å². The molecule has 8 heteroatoms. The van der Waals surface area contributed by atoms with Crippen molar-refractivity contribution in [3.63, 3.8) is 0 Å². The SMILES string of the molecule is CC(C)(C)c1nc(Sc2nnc(CCO)s2)sc1Br.